The van der Waals surface area contributed by atoms with Gasteiger partial charge in [-0.15, -0.1) is 0 Å². The maximum absolute atomic E-state index is 6.35. The molecule has 0 saturated carbocycles. The number of nitrogens with zero attached hydrogens (tertiary/aromatic N) is 3. The molecule has 0 atom stereocenters. The van der Waals surface area contributed by atoms with E-state index in [9.17, 15) is 0 Å². The number of anilines is 8. The Labute approximate surface area is 319 Å². The molecule has 2 aliphatic heterocycles. The van der Waals surface area contributed by atoms with Crippen molar-refractivity contribution in [1.29, 1.82) is 0 Å². The van der Waals surface area contributed by atoms with Crippen molar-refractivity contribution in [3.8, 4) is 16.9 Å². The zero-order chi connectivity index (χ0) is 37.4. The van der Waals surface area contributed by atoms with Crippen molar-refractivity contribution in [2.75, 3.05) is 14.7 Å². The first-order valence-electron chi connectivity index (χ1n) is 18.8. The van der Waals surface area contributed by atoms with E-state index in [0.29, 0.717) is 0 Å². The van der Waals surface area contributed by atoms with Gasteiger partial charge in [-0.1, -0.05) is 108 Å². The van der Waals surface area contributed by atoms with Crippen molar-refractivity contribution in [3.05, 3.63) is 186 Å². The number of ether oxygens (including phenoxy) is 1. The van der Waals surface area contributed by atoms with Gasteiger partial charge in [-0.2, -0.15) is 0 Å². The molecule has 6 aromatic rings. The summed E-state index contributed by atoms with van der Waals surface area (Å²) in [5, 5.41) is 0. The molecule has 266 valence electrons. The number of rotatable bonds is 5. The van der Waals surface area contributed by atoms with Crippen LogP contribution in [0.2, 0.25) is 0 Å². The first kappa shape index (κ1) is 33.6. The zero-order valence-electron chi connectivity index (χ0n) is 31.9. The predicted molar refractivity (Wildman–Crippen MR) is 227 cm³/mol. The van der Waals surface area contributed by atoms with Crippen LogP contribution in [0.1, 0.15) is 58.2 Å². The van der Waals surface area contributed by atoms with E-state index in [1.807, 2.05) is 37.3 Å². The molecule has 4 nitrogen and oxygen atoms in total. The molecule has 2 heterocycles. The van der Waals surface area contributed by atoms with Gasteiger partial charge in [0.05, 0.1) is 34.1 Å². The average molecular weight is 704 g/mol. The van der Waals surface area contributed by atoms with E-state index in [4.69, 9.17) is 4.74 Å². The van der Waals surface area contributed by atoms with E-state index >= 15 is 0 Å². The molecule has 0 amide bonds. The van der Waals surface area contributed by atoms with Crippen LogP contribution < -0.4 is 19.4 Å². The average Bonchev–Trinajstić information content (AvgIpc) is 3.40. The molecule has 0 saturated heterocycles. The molecule has 4 heteroatoms. The molecule has 9 rings (SSSR count). The molecule has 0 unspecified atom stereocenters. The SMILES string of the molecule is C=CC1=C(/C=C\C)Oc2ccccc2N1c1ccc2c(c1)C(C)(C)c1cc(N3c4ccccc4N(c4ccc(C(C)(C)C)cc4)c4ccccc43)ccc1-2. The minimum Gasteiger partial charge on any atom is -0.453 e. The zero-order valence-corrected chi connectivity index (χ0v) is 31.9. The largest absolute Gasteiger partial charge is 0.453 e. The number of allylic oxidation sites excluding steroid dienone is 3. The fourth-order valence-corrected chi connectivity index (χ4v) is 8.48. The van der Waals surface area contributed by atoms with Gasteiger partial charge in [0.25, 0.3) is 0 Å². The van der Waals surface area contributed by atoms with Crippen LogP contribution >= 0.6 is 0 Å². The Hall–Kier alpha value is -6.26. The molecular weight excluding hydrogens is 659 g/mol. The molecule has 0 spiro atoms. The Kier molecular flexibility index (Phi) is 7.72. The summed E-state index contributed by atoms with van der Waals surface area (Å²) in [6.07, 6.45) is 5.90. The van der Waals surface area contributed by atoms with Crippen LogP contribution in [-0.2, 0) is 10.8 Å². The maximum atomic E-state index is 6.35. The normalized spacial score (nSPS) is 15.3. The molecule has 0 fully saturated rings. The predicted octanol–water partition coefficient (Wildman–Crippen LogP) is 14.0. The monoisotopic (exact) mass is 703 g/mol. The first-order chi connectivity index (χ1) is 26.1. The van der Waals surface area contributed by atoms with Crippen LogP contribution in [-0.4, -0.2) is 0 Å². The second kappa shape index (κ2) is 12.4. The minimum atomic E-state index is -0.248. The number of hydrogen-bond donors (Lipinski definition) is 0. The number of hydrogen-bond acceptors (Lipinski definition) is 4. The van der Waals surface area contributed by atoms with Crippen LogP contribution in [0.25, 0.3) is 11.1 Å². The maximum Gasteiger partial charge on any atom is 0.151 e. The molecule has 0 N–H and O–H groups in total. The van der Waals surface area contributed by atoms with Gasteiger partial charge in [0.15, 0.2) is 11.5 Å². The van der Waals surface area contributed by atoms with E-state index in [1.165, 1.54) is 27.8 Å². The summed E-state index contributed by atoms with van der Waals surface area (Å²) in [5.41, 5.74) is 16.2. The fourth-order valence-electron chi connectivity index (χ4n) is 8.48. The summed E-state index contributed by atoms with van der Waals surface area (Å²) >= 11 is 0. The third-order valence-corrected chi connectivity index (χ3v) is 11.2. The van der Waals surface area contributed by atoms with Gasteiger partial charge in [0.2, 0.25) is 0 Å². The van der Waals surface area contributed by atoms with Crippen molar-refractivity contribution in [2.45, 2.75) is 52.4 Å². The van der Waals surface area contributed by atoms with Gasteiger partial charge in [-0.25, -0.2) is 0 Å². The van der Waals surface area contributed by atoms with Gasteiger partial charge in [-0.05, 0) is 125 Å². The topological polar surface area (TPSA) is 19.0 Å². The van der Waals surface area contributed by atoms with Crippen LogP contribution in [0.3, 0.4) is 0 Å². The molecular formula is C50H45N3O. The summed E-state index contributed by atoms with van der Waals surface area (Å²) in [4.78, 5) is 7.11. The molecule has 0 aromatic heterocycles. The highest BCUT2D eigenvalue weighted by atomic mass is 16.5. The van der Waals surface area contributed by atoms with Gasteiger partial charge >= 0.3 is 0 Å². The highest BCUT2D eigenvalue weighted by Crippen LogP contribution is 2.57. The summed E-state index contributed by atoms with van der Waals surface area (Å²) in [6, 6.07) is 48.7. The van der Waals surface area contributed by atoms with E-state index in [2.05, 4.69) is 177 Å². The first-order valence-corrected chi connectivity index (χ1v) is 18.8. The molecule has 54 heavy (non-hydrogen) atoms. The smallest absolute Gasteiger partial charge is 0.151 e. The minimum absolute atomic E-state index is 0.0882. The van der Waals surface area contributed by atoms with Crippen LogP contribution in [0.15, 0.2) is 170 Å². The Morgan fingerprint density at radius 2 is 1.04 bits per heavy atom. The number of benzene rings is 6. The standard InChI is InChI=1S/C50H45N3O/c1-8-16-47-41(9-2)52(46-21-14-15-22-48(46)54-47)35-27-29-37-38-30-28-36(32-40(38)50(6,7)39(37)31-35)53-44-19-12-10-17-42(44)51(43-18-11-13-20-45(43)53)34-25-23-33(24-26-34)49(3,4)5/h8-32H,2H2,1,3-7H3/b16-8-. The molecule has 0 bridgehead atoms. The summed E-state index contributed by atoms with van der Waals surface area (Å²) in [5.74, 6) is 1.60. The molecule has 1 aliphatic carbocycles. The van der Waals surface area contributed by atoms with Gasteiger partial charge in [0, 0.05) is 22.5 Å². The lowest BCUT2D eigenvalue weighted by Crippen LogP contribution is -2.24. The Morgan fingerprint density at radius 1 is 0.574 bits per heavy atom. The molecule has 0 radical (unpaired) electrons. The highest BCUT2D eigenvalue weighted by molar-refractivity contribution is 6.02. The van der Waals surface area contributed by atoms with Crippen LogP contribution in [0.4, 0.5) is 45.5 Å². The Morgan fingerprint density at radius 3 is 1.54 bits per heavy atom. The molecule has 6 aromatic carbocycles. The molecule has 3 aliphatic rings. The lowest BCUT2D eigenvalue weighted by atomic mass is 9.82. The Bertz CT molecular complexity index is 2480. The van der Waals surface area contributed by atoms with E-state index in [0.717, 1.165) is 62.7 Å². The summed E-state index contributed by atoms with van der Waals surface area (Å²) in [6.45, 7) is 17.7. The highest BCUT2D eigenvalue weighted by Gasteiger charge is 2.38. The van der Waals surface area contributed by atoms with Crippen LogP contribution in [0.5, 0.6) is 5.75 Å². The lowest BCUT2D eigenvalue weighted by molar-refractivity contribution is 0.431. The second-order valence-corrected chi connectivity index (χ2v) is 15.9. The van der Waals surface area contributed by atoms with Gasteiger partial charge in [-0.3, -0.25) is 0 Å². The van der Waals surface area contributed by atoms with Crippen molar-refractivity contribution in [3.63, 3.8) is 0 Å². The van der Waals surface area contributed by atoms with Crippen molar-refractivity contribution >= 4 is 45.5 Å². The number of fused-ring (bicyclic) bond motifs is 6. The summed E-state index contributed by atoms with van der Waals surface area (Å²) < 4.78 is 6.35. The quantitative estimate of drug-likeness (QED) is 0.178. The Balaban J connectivity index is 1.14. The summed E-state index contributed by atoms with van der Waals surface area (Å²) in [7, 11) is 0. The van der Waals surface area contributed by atoms with Crippen molar-refractivity contribution in [2.24, 2.45) is 0 Å². The van der Waals surface area contributed by atoms with E-state index < -0.39 is 0 Å². The number of para-hydroxylation sites is 6. The van der Waals surface area contributed by atoms with Gasteiger partial charge < -0.3 is 19.4 Å². The lowest BCUT2D eigenvalue weighted by Gasteiger charge is -2.40. The van der Waals surface area contributed by atoms with E-state index in [-0.39, 0.29) is 10.8 Å². The van der Waals surface area contributed by atoms with Crippen molar-refractivity contribution < 1.29 is 4.74 Å². The third kappa shape index (κ3) is 5.12. The van der Waals surface area contributed by atoms with Crippen LogP contribution in [0, 0.1) is 0 Å². The van der Waals surface area contributed by atoms with Crippen molar-refractivity contribution in [1.82, 2.24) is 0 Å². The fraction of sp³-hybridized carbons (Fsp3) is 0.160. The second-order valence-electron chi connectivity index (χ2n) is 15.9. The van der Waals surface area contributed by atoms with E-state index in [1.54, 1.807) is 0 Å². The van der Waals surface area contributed by atoms with Gasteiger partial charge in [0.1, 0.15) is 0 Å². The third-order valence-electron chi connectivity index (χ3n) is 11.2.